The fourth-order valence-corrected chi connectivity index (χ4v) is 2.11. The summed E-state index contributed by atoms with van der Waals surface area (Å²) in [6.07, 6.45) is 0. The fourth-order valence-electron chi connectivity index (χ4n) is 2.11. The van der Waals surface area contributed by atoms with Gasteiger partial charge >= 0.3 is 0 Å². The zero-order valence-corrected chi connectivity index (χ0v) is 14.2. The smallest absolute Gasteiger partial charge is 0.239 e. The fraction of sp³-hybridized carbons (Fsp3) is 0.529. The molecule has 1 rings (SSSR count). The van der Waals surface area contributed by atoms with Crippen LogP contribution in [0.5, 0.6) is 0 Å². The monoisotopic (exact) mass is 305 g/mol. The van der Waals surface area contributed by atoms with E-state index in [1.165, 1.54) is 16.0 Å². The Morgan fingerprint density at radius 3 is 2.18 bits per heavy atom. The Morgan fingerprint density at radius 1 is 1.09 bits per heavy atom. The van der Waals surface area contributed by atoms with E-state index in [9.17, 15) is 9.59 Å². The van der Waals surface area contributed by atoms with Gasteiger partial charge in [-0.25, -0.2) is 0 Å². The molecule has 0 spiro atoms. The highest BCUT2D eigenvalue weighted by Gasteiger charge is 2.14. The number of hydrogen-bond acceptors (Lipinski definition) is 3. The SMILES string of the molecule is CNC(=O)CN(C)C(=O)CN(C)Cc1ccc(C(C)C)cc1. The Morgan fingerprint density at radius 2 is 1.68 bits per heavy atom. The Balaban J connectivity index is 2.49. The Bertz CT molecular complexity index is 497. The van der Waals surface area contributed by atoms with E-state index >= 15 is 0 Å². The molecule has 0 fully saturated rings. The van der Waals surface area contributed by atoms with Crippen molar-refractivity contribution in [3.63, 3.8) is 0 Å². The average molecular weight is 305 g/mol. The molecule has 1 aromatic carbocycles. The van der Waals surface area contributed by atoms with Crippen LogP contribution < -0.4 is 5.32 Å². The third-order valence-corrected chi connectivity index (χ3v) is 3.59. The van der Waals surface area contributed by atoms with E-state index in [1.54, 1.807) is 14.1 Å². The summed E-state index contributed by atoms with van der Waals surface area (Å²) in [6.45, 7) is 5.42. The van der Waals surface area contributed by atoms with E-state index in [2.05, 4.69) is 43.4 Å². The molecular formula is C17H27N3O2. The number of nitrogens with one attached hydrogen (secondary N) is 1. The van der Waals surface area contributed by atoms with E-state index in [0.717, 1.165) is 0 Å². The van der Waals surface area contributed by atoms with Crippen LogP contribution in [0.25, 0.3) is 0 Å². The largest absolute Gasteiger partial charge is 0.358 e. The molecule has 0 aromatic heterocycles. The molecule has 0 atom stereocenters. The van der Waals surface area contributed by atoms with Gasteiger partial charge < -0.3 is 10.2 Å². The van der Waals surface area contributed by atoms with Crippen LogP contribution in [-0.2, 0) is 16.1 Å². The van der Waals surface area contributed by atoms with E-state index < -0.39 is 0 Å². The van der Waals surface area contributed by atoms with Crippen molar-refractivity contribution >= 4 is 11.8 Å². The summed E-state index contributed by atoms with van der Waals surface area (Å²) in [6, 6.07) is 8.47. The van der Waals surface area contributed by atoms with E-state index in [0.29, 0.717) is 19.0 Å². The number of carbonyl (C=O) groups is 2. The van der Waals surface area contributed by atoms with Crippen LogP contribution in [0.1, 0.15) is 30.9 Å². The van der Waals surface area contributed by atoms with Crippen molar-refractivity contribution in [3.05, 3.63) is 35.4 Å². The molecule has 0 aliphatic rings. The molecule has 5 heteroatoms. The van der Waals surface area contributed by atoms with E-state index in [1.807, 2.05) is 11.9 Å². The topological polar surface area (TPSA) is 52.7 Å². The second-order valence-electron chi connectivity index (χ2n) is 5.99. The molecule has 0 aliphatic heterocycles. The van der Waals surface area contributed by atoms with Crippen LogP contribution >= 0.6 is 0 Å². The summed E-state index contributed by atoms with van der Waals surface area (Å²) in [5.74, 6) is 0.291. The van der Waals surface area contributed by atoms with Gasteiger partial charge in [-0.2, -0.15) is 0 Å². The highest BCUT2D eigenvalue weighted by Crippen LogP contribution is 2.15. The molecule has 0 bridgehead atoms. The molecule has 0 saturated carbocycles. The van der Waals surface area contributed by atoms with Gasteiger partial charge in [0.05, 0.1) is 13.1 Å². The van der Waals surface area contributed by atoms with Crippen molar-refractivity contribution in [2.45, 2.75) is 26.3 Å². The quantitative estimate of drug-likeness (QED) is 0.829. The first-order valence-corrected chi connectivity index (χ1v) is 7.55. The van der Waals surface area contributed by atoms with E-state index in [4.69, 9.17) is 0 Å². The Kier molecular flexibility index (Phi) is 7.05. The van der Waals surface area contributed by atoms with Gasteiger partial charge in [-0.1, -0.05) is 38.1 Å². The maximum absolute atomic E-state index is 12.0. The lowest BCUT2D eigenvalue weighted by molar-refractivity contribution is -0.135. The Labute approximate surface area is 133 Å². The van der Waals surface area contributed by atoms with Crippen LogP contribution in [0.2, 0.25) is 0 Å². The summed E-state index contributed by atoms with van der Waals surface area (Å²) in [4.78, 5) is 26.7. The average Bonchev–Trinajstić information content (AvgIpc) is 2.47. The molecule has 0 radical (unpaired) electrons. The van der Waals surface area contributed by atoms with Crippen LogP contribution in [0.15, 0.2) is 24.3 Å². The van der Waals surface area contributed by atoms with Crippen LogP contribution in [0, 0.1) is 0 Å². The van der Waals surface area contributed by atoms with E-state index in [-0.39, 0.29) is 18.4 Å². The molecule has 1 aromatic rings. The summed E-state index contributed by atoms with van der Waals surface area (Å²) >= 11 is 0. The molecule has 0 heterocycles. The van der Waals surface area contributed by atoms with Gasteiger partial charge in [-0.3, -0.25) is 14.5 Å². The number of carbonyl (C=O) groups excluding carboxylic acids is 2. The zero-order chi connectivity index (χ0) is 16.7. The van der Waals surface area contributed by atoms with Gasteiger partial charge in [-0.15, -0.1) is 0 Å². The minimum atomic E-state index is -0.164. The summed E-state index contributed by atoms with van der Waals surface area (Å²) in [5.41, 5.74) is 2.49. The third kappa shape index (κ3) is 5.85. The zero-order valence-electron chi connectivity index (χ0n) is 14.2. The predicted octanol–water partition coefficient (Wildman–Crippen LogP) is 1.45. The first-order valence-electron chi connectivity index (χ1n) is 7.55. The summed E-state index contributed by atoms with van der Waals surface area (Å²) in [5, 5.41) is 2.51. The van der Waals surface area contributed by atoms with Crippen LogP contribution in [0.4, 0.5) is 0 Å². The van der Waals surface area contributed by atoms with Crippen molar-refractivity contribution in [2.24, 2.45) is 0 Å². The van der Waals surface area contributed by atoms with Gasteiger partial charge in [0.25, 0.3) is 0 Å². The number of amides is 2. The number of hydrogen-bond donors (Lipinski definition) is 1. The molecule has 22 heavy (non-hydrogen) atoms. The Hall–Kier alpha value is -1.88. The highest BCUT2D eigenvalue weighted by molar-refractivity contribution is 5.85. The van der Waals surface area contributed by atoms with Crippen molar-refractivity contribution in [2.75, 3.05) is 34.2 Å². The maximum atomic E-state index is 12.0. The molecule has 2 amide bonds. The van der Waals surface area contributed by atoms with Gasteiger partial charge in [0.1, 0.15) is 0 Å². The first-order chi connectivity index (χ1) is 10.3. The molecule has 0 aliphatic carbocycles. The minimum Gasteiger partial charge on any atom is -0.358 e. The number of nitrogens with zero attached hydrogens (tertiary/aromatic N) is 2. The molecular weight excluding hydrogens is 278 g/mol. The molecule has 0 saturated heterocycles. The third-order valence-electron chi connectivity index (χ3n) is 3.59. The van der Waals surface area contributed by atoms with Crippen molar-refractivity contribution in [3.8, 4) is 0 Å². The second-order valence-corrected chi connectivity index (χ2v) is 5.99. The van der Waals surface area contributed by atoms with Crippen molar-refractivity contribution in [1.29, 1.82) is 0 Å². The lowest BCUT2D eigenvalue weighted by atomic mass is 10.0. The number of rotatable bonds is 7. The highest BCUT2D eigenvalue weighted by atomic mass is 16.2. The van der Waals surface area contributed by atoms with Gasteiger partial charge in [0.2, 0.25) is 11.8 Å². The lowest BCUT2D eigenvalue weighted by Gasteiger charge is -2.21. The van der Waals surface area contributed by atoms with Gasteiger partial charge in [0.15, 0.2) is 0 Å². The molecule has 122 valence electrons. The summed E-state index contributed by atoms with van der Waals surface area (Å²) in [7, 11) is 5.11. The standard InChI is InChI=1S/C17H27N3O2/c1-13(2)15-8-6-14(7-9-15)10-19(4)12-17(22)20(5)11-16(21)18-3/h6-9,13H,10-12H2,1-5H3,(H,18,21). The van der Waals surface area contributed by atoms with Crippen LogP contribution in [0.3, 0.4) is 0 Å². The van der Waals surface area contributed by atoms with Gasteiger partial charge in [-0.05, 0) is 24.1 Å². The summed E-state index contributed by atoms with van der Waals surface area (Å²) < 4.78 is 0. The number of benzene rings is 1. The minimum absolute atomic E-state index is 0.0649. The van der Waals surface area contributed by atoms with Crippen LogP contribution in [-0.4, -0.2) is 55.8 Å². The van der Waals surface area contributed by atoms with Crippen molar-refractivity contribution in [1.82, 2.24) is 15.1 Å². The lowest BCUT2D eigenvalue weighted by Crippen LogP contribution is -2.41. The normalized spacial score (nSPS) is 10.9. The first kappa shape index (κ1) is 18.2. The second kappa shape index (κ2) is 8.54. The maximum Gasteiger partial charge on any atom is 0.239 e. The van der Waals surface area contributed by atoms with Crippen molar-refractivity contribution < 1.29 is 9.59 Å². The molecule has 5 nitrogen and oxygen atoms in total. The molecule has 0 unspecified atom stereocenters. The number of likely N-dealkylation sites (N-methyl/N-ethyl adjacent to an activating group) is 3. The molecule has 1 N–H and O–H groups in total. The predicted molar refractivity (Wildman–Crippen MR) is 88.6 cm³/mol. The van der Waals surface area contributed by atoms with Gasteiger partial charge in [0, 0.05) is 20.6 Å².